The molecule has 0 saturated carbocycles. The SMILES string of the molecule is CN=C(NCC(C)c1cccs1)NC1CCN(c2c(F)cccc2F)C1.I. The lowest BCUT2D eigenvalue weighted by Gasteiger charge is -2.21. The van der Waals surface area contributed by atoms with Gasteiger partial charge in [0.25, 0.3) is 0 Å². The van der Waals surface area contributed by atoms with Gasteiger partial charge in [-0.1, -0.05) is 19.1 Å². The van der Waals surface area contributed by atoms with E-state index in [0.29, 0.717) is 25.0 Å². The van der Waals surface area contributed by atoms with Gasteiger partial charge in [-0.25, -0.2) is 8.78 Å². The van der Waals surface area contributed by atoms with Gasteiger partial charge >= 0.3 is 0 Å². The first kappa shape index (κ1) is 21.9. The van der Waals surface area contributed by atoms with Gasteiger partial charge in [0.2, 0.25) is 0 Å². The van der Waals surface area contributed by atoms with E-state index in [-0.39, 0.29) is 35.7 Å². The van der Waals surface area contributed by atoms with Crippen LogP contribution in [0, 0.1) is 11.6 Å². The number of para-hydroxylation sites is 1. The number of rotatable bonds is 5. The van der Waals surface area contributed by atoms with Gasteiger partial charge in [-0.2, -0.15) is 0 Å². The number of benzene rings is 1. The molecule has 4 nitrogen and oxygen atoms in total. The van der Waals surface area contributed by atoms with Crippen LogP contribution in [0.1, 0.15) is 24.1 Å². The average molecular weight is 506 g/mol. The van der Waals surface area contributed by atoms with E-state index >= 15 is 0 Å². The summed E-state index contributed by atoms with van der Waals surface area (Å²) in [5, 5.41) is 8.78. The van der Waals surface area contributed by atoms with Gasteiger partial charge in [-0.3, -0.25) is 4.99 Å². The first-order valence-corrected chi connectivity index (χ1v) is 9.66. The Morgan fingerprint density at radius 3 is 2.67 bits per heavy atom. The van der Waals surface area contributed by atoms with Crippen LogP contribution in [0.15, 0.2) is 40.7 Å². The molecular formula is C19H25F2IN4S. The summed E-state index contributed by atoms with van der Waals surface area (Å²) in [6.45, 7) is 4.10. The van der Waals surface area contributed by atoms with Crippen LogP contribution in [0.2, 0.25) is 0 Å². The smallest absolute Gasteiger partial charge is 0.191 e. The van der Waals surface area contributed by atoms with Crippen molar-refractivity contribution < 1.29 is 8.78 Å². The molecule has 2 aromatic rings. The molecule has 2 N–H and O–H groups in total. The number of aliphatic imine (C=N–C) groups is 1. The van der Waals surface area contributed by atoms with Gasteiger partial charge in [0.15, 0.2) is 5.96 Å². The van der Waals surface area contributed by atoms with Crippen LogP contribution in [0.3, 0.4) is 0 Å². The summed E-state index contributed by atoms with van der Waals surface area (Å²) in [7, 11) is 1.73. The van der Waals surface area contributed by atoms with Crippen LogP contribution in [0.5, 0.6) is 0 Å². The Morgan fingerprint density at radius 1 is 1.30 bits per heavy atom. The summed E-state index contributed by atoms with van der Waals surface area (Å²) >= 11 is 1.75. The average Bonchev–Trinajstić information content (AvgIpc) is 3.30. The van der Waals surface area contributed by atoms with Crippen LogP contribution < -0.4 is 15.5 Å². The van der Waals surface area contributed by atoms with E-state index in [9.17, 15) is 8.78 Å². The number of hydrogen-bond donors (Lipinski definition) is 2. The second-order valence-electron chi connectivity index (χ2n) is 6.52. The van der Waals surface area contributed by atoms with Crippen LogP contribution in [-0.2, 0) is 0 Å². The van der Waals surface area contributed by atoms with Crippen molar-refractivity contribution in [2.24, 2.45) is 4.99 Å². The third-order valence-corrected chi connectivity index (χ3v) is 5.71. The molecule has 0 spiro atoms. The molecule has 1 aromatic heterocycles. The highest BCUT2D eigenvalue weighted by molar-refractivity contribution is 14.0. The number of halogens is 3. The molecule has 1 aliphatic rings. The van der Waals surface area contributed by atoms with Gasteiger partial charge in [0, 0.05) is 43.5 Å². The maximum absolute atomic E-state index is 14.0. The van der Waals surface area contributed by atoms with Crippen molar-refractivity contribution in [3.05, 3.63) is 52.2 Å². The third-order valence-electron chi connectivity index (χ3n) is 4.61. The van der Waals surface area contributed by atoms with Crippen LogP contribution in [0.4, 0.5) is 14.5 Å². The molecule has 0 amide bonds. The van der Waals surface area contributed by atoms with Crippen molar-refractivity contribution in [2.45, 2.75) is 25.3 Å². The lowest BCUT2D eigenvalue weighted by atomic mass is 10.1. The Labute approximate surface area is 180 Å². The minimum atomic E-state index is -0.516. The zero-order chi connectivity index (χ0) is 18.5. The lowest BCUT2D eigenvalue weighted by molar-refractivity contribution is 0.575. The molecule has 1 fully saturated rings. The molecule has 27 heavy (non-hydrogen) atoms. The van der Waals surface area contributed by atoms with Gasteiger partial charge < -0.3 is 15.5 Å². The Morgan fingerprint density at radius 2 is 2.04 bits per heavy atom. The third kappa shape index (κ3) is 5.54. The molecule has 2 unspecified atom stereocenters. The van der Waals surface area contributed by atoms with E-state index in [1.54, 1.807) is 23.3 Å². The zero-order valence-electron chi connectivity index (χ0n) is 15.4. The second kappa shape index (κ2) is 10.2. The van der Waals surface area contributed by atoms with Crippen molar-refractivity contribution in [3.8, 4) is 0 Å². The summed E-state index contributed by atoms with van der Waals surface area (Å²) in [5.74, 6) is 0.0752. The minimum absolute atomic E-state index is 0. The predicted octanol–water partition coefficient (Wildman–Crippen LogP) is 4.19. The zero-order valence-corrected chi connectivity index (χ0v) is 18.6. The first-order valence-electron chi connectivity index (χ1n) is 8.78. The fourth-order valence-corrected chi connectivity index (χ4v) is 3.97. The topological polar surface area (TPSA) is 39.7 Å². The molecular weight excluding hydrogens is 481 g/mol. The molecule has 8 heteroatoms. The fourth-order valence-electron chi connectivity index (χ4n) is 3.18. The van der Waals surface area contributed by atoms with E-state index in [1.165, 1.54) is 23.1 Å². The van der Waals surface area contributed by atoms with Crippen molar-refractivity contribution in [1.29, 1.82) is 0 Å². The van der Waals surface area contributed by atoms with Crippen molar-refractivity contribution in [1.82, 2.24) is 10.6 Å². The second-order valence-corrected chi connectivity index (χ2v) is 7.50. The normalized spacial score (nSPS) is 18.1. The standard InChI is InChI=1S/C19H24F2N4S.HI/c1-13(17-7-4-10-26-17)11-23-19(22-2)24-14-8-9-25(12-14)18-15(20)5-3-6-16(18)21;/h3-7,10,13-14H,8-9,11-12H2,1-2H3,(H2,22,23,24);1H. The van der Waals surface area contributed by atoms with Crippen LogP contribution >= 0.6 is 35.3 Å². The molecule has 0 bridgehead atoms. The minimum Gasteiger partial charge on any atom is -0.365 e. The fraction of sp³-hybridized carbons (Fsp3) is 0.421. The Hall–Kier alpha value is -1.42. The van der Waals surface area contributed by atoms with E-state index < -0.39 is 11.6 Å². The Balaban J connectivity index is 0.00000261. The summed E-state index contributed by atoms with van der Waals surface area (Å²) in [4.78, 5) is 7.35. The summed E-state index contributed by atoms with van der Waals surface area (Å²) in [6.07, 6.45) is 0.801. The lowest BCUT2D eigenvalue weighted by Crippen LogP contribution is -2.45. The largest absolute Gasteiger partial charge is 0.365 e. The number of guanidine groups is 1. The van der Waals surface area contributed by atoms with Crippen molar-refractivity contribution >= 4 is 47.0 Å². The van der Waals surface area contributed by atoms with Crippen molar-refractivity contribution in [2.75, 3.05) is 31.6 Å². The van der Waals surface area contributed by atoms with Crippen LogP contribution in [-0.4, -0.2) is 38.7 Å². The number of nitrogens with one attached hydrogen (secondary N) is 2. The first-order chi connectivity index (χ1) is 12.6. The molecule has 2 atom stereocenters. The highest BCUT2D eigenvalue weighted by atomic mass is 127. The summed E-state index contributed by atoms with van der Waals surface area (Å²) in [6, 6.07) is 8.26. The summed E-state index contributed by atoms with van der Waals surface area (Å²) < 4.78 is 27.9. The highest BCUT2D eigenvalue weighted by Crippen LogP contribution is 2.26. The van der Waals surface area contributed by atoms with Gasteiger partial charge in [-0.05, 0) is 30.0 Å². The number of anilines is 1. The van der Waals surface area contributed by atoms with Gasteiger partial charge in [0.1, 0.15) is 17.3 Å². The molecule has 148 valence electrons. The number of nitrogens with zero attached hydrogens (tertiary/aromatic N) is 2. The predicted molar refractivity (Wildman–Crippen MR) is 120 cm³/mol. The van der Waals surface area contributed by atoms with E-state index in [0.717, 1.165) is 13.0 Å². The number of thiophene rings is 1. The molecule has 2 heterocycles. The number of hydrogen-bond acceptors (Lipinski definition) is 3. The Bertz CT molecular complexity index is 734. The van der Waals surface area contributed by atoms with E-state index in [4.69, 9.17) is 0 Å². The molecule has 0 aliphatic carbocycles. The Kier molecular flexibility index (Phi) is 8.28. The molecule has 1 saturated heterocycles. The van der Waals surface area contributed by atoms with Gasteiger partial charge in [0.05, 0.1) is 0 Å². The van der Waals surface area contributed by atoms with Gasteiger partial charge in [-0.15, -0.1) is 35.3 Å². The van der Waals surface area contributed by atoms with E-state index in [1.807, 2.05) is 0 Å². The quantitative estimate of drug-likeness (QED) is 0.363. The molecule has 1 aromatic carbocycles. The summed E-state index contributed by atoms with van der Waals surface area (Å²) in [5.41, 5.74) is 0.0612. The monoisotopic (exact) mass is 506 g/mol. The van der Waals surface area contributed by atoms with Crippen molar-refractivity contribution in [3.63, 3.8) is 0 Å². The molecule has 0 radical (unpaired) electrons. The van der Waals surface area contributed by atoms with Crippen LogP contribution in [0.25, 0.3) is 0 Å². The molecule has 3 rings (SSSR count). The maximum atomic E-state index is 14.0. The molecule has 1 aliphatic heterocycles. The van der Waals surface area contributed by atoms with E-state index in [2.05, 4.69) is 40.1 Å². The maximum Gasteiger partial charge on any atom is 0.191 e. The highest BCUT2D eigenvalue weighted by Gasteiger charge is 2.27.